The number of benzene rings is 3. The molecule has 0 saturated carbocycles. The van der Waals surface area contributed by atoms with E-state index in [1.54, 1.807) is 0 Å². The average Bonchev–Trinajstić information content (AvgIpc) is 2.69. The first kappa shape index (κ1) is 17.5. The lowest BCUT2D eigenvalue weighted by atomic mass is 9.78. The van der Waals surface area contributed by atoms with Crippen molar-refractivity contribution in [1.29, 1.82) is 0 Å². The third kappa shape index (κ3) is 3.54. The van der Waals surface area contributed by atoms with Crippen LogP contribution in [0.3, 0.4) is 0 Å². The first-order valence-electron chi connectivity index (χ1n) is 9.53. The Labute approximate surface area is 152 Å². The molecular formula is C25H28. The summed E-state index contributed by atoms with van der Waals surface area (Å²) in [7, 11) is 0. The van der Waals surface area contributed by atoms with Crippen LogP contribution < -0.4 is 0 Å². The lowest BCUT2D eigenvalue weighted by Crippen LogP contribution is -2.11. The van der Waals surface area contributed by atoms with E-state index in [0.717, 1.165) is 19.3 Å². The summed E-state index contributed by atoms with van der Waals surface area (Å²) in [4.78, 5) is 0. The Morgan fingerprint density at radius 1 is 0.480 bits per heavy atom. The summed E-state index contributed by atoms with van der Waals surface area (Å²) in [6.45, 7) is 6.77. The molecule has 0 amide bonds. The first-order valence-corrected chi connectivity index (χ1v) is 9.53. The monoisotopic (exact) mass is 328 g/mol. The SMILES string of the molecule is CCc1ccccc1C(c1ccccc1CC)c1ccccc1CC. The highest BCUT2D eigenvalue weighted by Gasteiger charge is 2.22. The molecule has 0 fully saturated rings. The molecule has 0 radical (unpaired) electrons. The van der Waals surface area contributed by atoms with Crippen molar-refractivity contribution in [3.05, 3.63) is 106 Å². The summed E-state index contributed by atoms with van der Waals surface area (Å²) < 4.78 is 0. The van der Waals surface area contributed by atoms with Gasteiger partial charge < -0.3 is 0 Å². The second kappa shape index (κ2) is 8.16. The lowest BCUT2D eigenvalue weighted by Gasteiger charge is -2.26. The second-order valence-electron chi connectivity index (χ2n) is 6.59. The van der Waals surface area contributed by atoms with Gasteiger partial charge in [-0.15, -0.1) is 0 Å². The van der Waals surface area contributed by atoms with Crippen LogP contribution in [-0.2, 0) is 19.3 Å². The highest BCUT2D eigenvalue weighted by molar-refractivity contribution is 5.51. The minimum Gasteiger partial charge on any atom is -0.0620 e. The highest BCUT2D eigenvalue weighted by atomic mass is 14.3. The maximum absolute atomic E-state index is 2.32. The summed E-state index contributed by atoms with van der Waals surface area (Å²) >= 11 is 0. The molecule has 3 rings (SSSR count). The van der Waals surface area contributed by atoms with Crippen LogP contribution in [0.2, 0.25) is 0 Å². The molecule has 0 aliphatic rings. The number of hydrogen-bond donors (Lipinski definition) is 0. The van der Waals surface area contributed by atoms with Crippen LogP contribution in [0.15, 0.2) is 72.8 Å². The third-order valence-electron chi connectivity index (χ3n) is 5.24. The van der Waals surface area contributed by atoms with Crippen LogP contribution in [-0.4, -0.2) is 0 Å². The molecule has 0 nitrogen and oxygen atoms in total. The summed E-state index contributed by atoms with van der Waals surface area (Å²) in [5.41, 5.74) is 8.70. The van der Waals surface area contributed by atoms with Gasteiger partial charge in [-0.2, -0.15) is 0 Å². The van der Waals surface area contributed by atoms with Crippen LogP contribution in [0.25, 0.3) is 0 Å². The van der Waals surface area contributed by atoms with Gasteiger partial charge in [-0.3, -0.25) is 0 Å². The number of aryl methyl sites for hydroxylation is 3. The molecule has 0 spiro atoms. The largest absolute Gasteiger partial charge is 0.0620 e. The normalized spacial score (nSPS) is 11.0. The van der Waals surface area contributed by atoms with Gasteiger partial charge in [0.1, 0.15) is 0 Å². The molecule has 0 bridgehead atoms. The van der Waals surface area contributed by atoms with Crippen LogP contribution in [0, 0.1) is 0 Å². The molecule has 25 heavy (non-hydrogen) atoms. The van der Waals surface area contributed by atoms with Crippen molar-refractivity contribution in [3.8, 4) is 0 Å². The van der Waals surface area contributed by atoms with Gasteiger partial charge >= 0.3 is 0 Å². The van der Waals surface area contributed by atoms with Crippen LogP contribution in [0.4, 0.5) is 0 Å². The van der Waals surface area contributed by atoms with Crippen molar-refractivity contribution >= 4 is 0 Å². The van der Waals surface area contributed by atoms with E-state index in [1.807, 2.05) is 0 Å². The zero-order valence-electron chi connectivity index (χ0n) is 15.6. The van der Waals surface area contributed by atoms with Crippen molar-refractivity contribution in [2.75, 3.05) is 0 Å². The fraction of sp³-hybridized carbons (Fsp3) is 0.280. The third-order valence-corrected chi connectivity index (χ3v) is 5.24. The summed E-state index contributed by atoms with van der Waals surface area (Å²) in [6, 6.07) is 26.9. The molecule has 128 valence electrons. The lowest BCUT2D eigenvalue weighted by molar-refractivity contribution is 0.891. The molecule has 0 unspecified atom stereocenters. The predicted octanol–water partition coefficient (Wildman–Crippen LogP) is 6.55. The van der Waals surface area contributed by atoms with Gasteiger partial charge in [0.25, 0.3) is 0 Å². The van der Waals surface area contributed by atoms with Gasteiger partial charge in [0.05, 0.1) is 0 Å². The van der Waals surface area contributed by atoms with E-state index in [2.05, 4.69) is 93.6 Å². The minimum atomic E-state index is 0.309. The van der Waals surface area contributed by atoms with Gasteiger partial charge in [0.15, 0.2) is 0 Å². The Morgan fingerprint density at radius 3 is 1.04 bits per heavy atom. The molecule has 0 aliphatic carbocycles. The quantitative estimate of drug-likeness (QED) is 0.450. The highest BCUT2D eigenvalue weighted by Crippen LogP contribution is 2.37. The van der Waals surface area contributed by atoms with Crippen molar-refractivity contribution in [2.45, 2.75) is 46.0 Å². The van der Waals surface area contributed by atoms with Gasteiger partial charge in [0, 0.05) is 5.92 Å². The van der Waals surface area contributed by atoms with E-state index in [1.165, 1.54) is 33.4 Å². The Morgan fingerprint density at radius 2 is 0.760 bits per heavy atom. The molecule has 0 heteroatoms. The number of rotatable bonds is 6. The molecule has 0 saturated heterocycles. The predicted molar refractivity (Wildman–Crippen MR) is 108 cm³/mol. The van der Waals surface area contributed by atoms with Crippen molar-refractivity contribution in [3.63, 3.8) is 0 Å². The zero-order chi connectivity index (χ0) is 17.6. The molecular weight excluding hydrogens is 300 g/mol. The molecule has 0 N–H and O–H groups in total. The average molecular weight is 328 g/mol. The van der Waals surface area contributed by atoms with Gasteiger partial charge in [-0.25, -0.2) is 0 Å². The Balaban J connectivity index is 2.29. The molecule has 0 atom stereocenters. The minimum absolute atomic E-state index is 0.309. The van der Waals surface area contributed by atoms with E-state index >= 15 is 0 Å². The summed E-state index contributed by atoms with van der Waals surface area (Å²) in [5.74, 6) is 0.309. The Bertz CT molecular complexity index is 716. The Hall–Kier alpha value is -2.34. The number of hydrogen-bond acceptors (Lipinski definition) is 0. The standard InChI is InChI=1S/C25H28/c1-4-19-13-7-10-16-22(19)25(23-17-11-8-14-20(23)5-2)24-18-12-9-15-21(24)6-3/h7-18,25H,4-6H2,1-3H3. The van der Waals surface area contributed by atoms with E-state index < -0.39 is 0 Å². The summed E-state index contributed by atoms with van der Waals surface area (Å²) in [6.07, 6.45) is 3.19. The van der Waals surface area contributed by atoms with Crippen LogP contribution in [0.1, 0.15) is 60.1 Å². The van der Waals surface area contributed by atoms with E-state index in [0.29, 0.717) is 5.92 Å². The Kier molecular flexibility index (Phi) is 5.71. The maximum atomic E-state index is 2.32. The van der Waals surface area contributed by atoms with E-state index in [9.17, 15) is 0 Å². The van der Waals surface area contributed by atoms with Crippen molar-refractivity contribution in [1.82, 2.24) is 0 Å². The van der Waals surface area contributed by atoms with E-state index in [-0.39, 0.29) is 0 Å². The van der Waals surface area contributed by atoms with E-state index in [4.69, 9.17) is 0 Å². The summed E-state index contributed by atoms with van der Waals surface area (Å²) in [5, 5.41) is 0. The van der Waals surface area contributed by atoms with Gasteiger partial charge in [-0.05, 0) is 52.6 Å². The van der Waals surface area contributed by atoms with Crippen LogP contribution >= 0.6 is 0 Å². The molecule has 0 aliphatic heterocycles. The van der Waals surface area contributed by atoms with Crippen LogP contribution in [0.5, 0.6) is 0 Å². The fourth-order valence-electron chi connectivity index (χ4n) is 3.92. The van der Waals surface area contributed by atoms with Crippen molar-refractivity contribution in [2.24, 2.45) is 0 Å². The van der Waals surface area contributed by atoms with Gasteiger partial charge in [-0.1, -0.05) is 93.6 Å². The molecule has 3 aromatic rings. The first-order chi connectivity index (χ1) is 12.3. The topological polar surface area (TPSA) is 0 Å². The fourth-order valence-corrected chi connectivity index (χ4v) is 3.92. The van der Waals surface area contributed by atoms with Gasteiger partial charge in [0.2, 0.25) is 0 Å². The molecule has 3 aromatic carbocycles. The maximum Gasteiger partial charge on any atom is 0.0348 e. The second-order valence-corrected chi connectivity index (χ2v) is 6.59. The molecule has 0 aromatic heterocycles. The van der Waals surface area contributed by atoms with Crippen molar-refractivity contribution < 1.29 is 0 Å². The zero-order valence-corrected chi connectivity index (χ0v) is 15.6. The molecule has 0 heterocycles. The smallest absolute Gasteiger partial charge is 0.0348 e.